The Kier molecular flexibility index (Phi) is 5.27. The van der Waals surface area contributed by atoms with Crippen molar-refractivity contribution in [3.8, 4) is 17.1 Å². The Morgan fingerprint density at radius 2 is 1.36 bits per heavy atom. The first-order valence-corrected chi connectivity index (χ1v) is 10.2. The lowest BCUT2D eigenvalue weighted by Crippen LogP contribution is -2.12. The first kappa shape index (κ1) is 22.8. The van der Waals surface area contributed by atoms with Gasteiger partial charge in [0.2, 0.25) is 0 Å². The topological polar surface area (TPSA) is 173 Å². The van der Waals surface area contributed by atoms with Gasteiger partial charge in [-0.2, -0.15) is 19.7 Å². The van der Waals surface area contributed by atoms with Gasteiger partial charge >= 0.3 is 0 Å². The van der Waals surface area contributed by atoms with Crippen molar-refractivity contribution in [3.05, 3.63) is 71.2 Å². The largest absolute Gasteiger partial charge is 0.383 e. The summed E-state index contributed by atoms with van der Waals surface area (Å²) in [5.41, 5.74) is 24.1. The number of hydrogen-bond donors (Lipinski definition) is 4. The molecule has 182 valence electrons. The van der Waals surface area contributed by atoms with Gasteiger partial charge in [-0.3, -0.25) is 0 Å². The molecule has 3 heterocycles. The average molecular weight is 496 g/mol. The molecule has 0 saturated carbocycles. The Balaban J connectivity index is 1.68. The van der Waals surface area contributed by atoms with Crippen LogP contribution in [0.1, 0.15) is 11.3 Å². The molecule has 0 saturated heterocycles. The minimum Gasteiger partial charge on any atom is -0.383 e. The smallest absolute Gasteiger partial charge is 0.255 e. The fourth-order valence-corrected chi connectivity index (χ4v) is 3.84. The normalized spacial score (nSPS) is 11.3. The predicted molar refractivity (Wildman–Crippen MR) is 124 cm³/mol. The molecule has 0 aliphatic heterocycles. The van der Waals surface area contributed by atoms with Crippen LogP contribution in [0.2, 0.25) is 0 Å². The third-order valence-corrected chi connectivity index (χ3v) is 5.50. The van der Waals surface area contributed by atoms with Crippen LogP contribution in [0.5, 0.6) is 0 Å². The van der Waals surface area contributed by atoms with Gasteiger partial charge in [0.15, 0.2) is 11.6 Å². The van der Waals surface area contributed by atoms with E-state index in [2.05, 4.69) is 25.0 Å². The number of nitrogen functional groups attached to an aromatic ring is 4. The van der Waals surface area contributed by atoms with Crippen LogP contribution >= 0.6 is 0 Å². The summed E-state index contributed by atoms with van der Waals surface area (Å²) >= 11 is 0. The van der Waals surface area contributed by atoms with Crippen LogP contribution in [-0.2, 0) is 6.42 Å². The van der Waals surface area contributed by atoms with Crippen LogP contribution in [-0.4, -0.2) is 29.7 Å². The highest BCUT2D eigenvalue weighted by Gasteiger charge is 2.23. The lowest BCUT2D eigenvalue weighted by Gasteiger charge is -2.13. The van der Waals surface area contributed by atoms with Gasteiger partial charge in [0.1, 0.15) is 41.2 Å². The standard InChI is InChI=1S/C22H16F4N10/c23-8-1-4-14-10(5-8)13(6-9-11(24)2-3-12(25)17(9)26)35-36(14)22-33-20(29)16(21(30)34-22)15-18(27)31-7-32-19(15)28/h1-5,7H,6H2,(H4,27,28,31,32)(H4,29,30,33,34). The molecule has 10 nitrogen and oxygen atoms in total. The minimum atomic E-state index is -1.37. The molecule has 3 aromatic heterocycles. The third-order valence-electron chi connectivity index (χ3n) is 5.50. The van der Waals surface area contributed by atoms with Crippen LogP contribution in [0.3, 0.4) is 0 Å². The van der Waals surface area contributed by atoms with Gasteiger partial charge in [-0.15, -0.1) is 0 Å². The SMILES string of the molecule is Nc1ncnc(N)c1-c1c(N)nc(-n2nc(Cc3c(F)ccc(F)c3F)c3cc(F)ccc32)nc1N. The predicted octanol–water partition coefficient (Wildman–Crippen LogP) is 2.75. The fraction of sp³-hybridized carbons (Fsp3) is 0.0455. The summed E-state index contributed by atoms with van der Waals surface area (Å²) in [7, 11) is 0. The van der Waals surface area contributed by atoms with Crippen LogP contribution < -0.4 is 22.9 Å². The lowest BCUT2D eigenvalue weighted by atomic mass is 10.1. The lowest BCUT2D eigenvalue weighted by molar-refractivity contribution is 0.482. The van der Waals surface area contributed by atoms with E-state index in [1.165, 1.54) is 10.7 Å². The van der Waals surface area contributed by atoms with Crippen molar-refractivity contribution in [2.45, 2.75) is 6.42 Å². The summed E-state index contributed by atoms with van der Waals surface area (Å²) < 4.78 is 57.6. The molecule has 0 atom stereocenters. The molecule has 2 aromatic carbocycles. The fourth-order valence-electron chi connectivity index (χ4n) is 3.84. The molecular weight excluding hydrogens is 480 g/mol. The molecule has 14 heteroatoms. The summed E-state index contributed by atoms with van der Waals surface area (Å²) in [4.78, 5) is 16.2. The van der Waals surface area contributed by atoms with E-state index in [1.807, 2.05) is 0 Å². The Labute approximate surface area is 199 Å². The van der Waals surface area contributed by atoms with E-state index in [1.54, 1.807) is 0 Å². The molecule has 5 rings (SSSR count). The molecule has 0 fully saturated rings. The Morgan fingerprint density at radius 3 is 2.03 bits per heavy atom. The zero-order valence-electron chi connectivity index (χ0n) is 18.2. The molecule has 0 bridgehead atoms. The van der Waals surface area contributed by atoms with Crippen LogP contribution in [0, 0.1) is 23.3 Å². The number of halogens is 4. The Hall–Kier alpha value is -5.01. The van der Waals surface area contributed by atoms with Crippen molar-refractivity contribution >= 4 is 34.2 Å². The summed E-state index contributed by atoms with van der Waals surface area (Å²) in [5, 5.41) is 4.50. The van der Waals surface area contributed by atoms with Crippen molar-refractivity contribution in [2.24, 2.45) is 0 Å². The number of rotatable bonds is 4. The maximum Gasteiger partial charge on any atom is 0.255 e. The van der Waals surface area contributed by atoms with Crippen molar-refractivity contribution in [2.75, 3.05) is 22.9 Å². The monoisotopic (exact) mass is 496 g/mol. The van der Waals surface area contributed by atoms with Gasteiger partial charge in [-0.05, 0) is 30.3 Å². The van der Waals surface area contributed by atoms with E-state index in [0.29, 0.717) is 6.07 Å². The van der Waals surface area contributed by atoms with Crippen LogP contribution in [0.4, 0.5) is 40.8 Å². The molecule has 0 aliphatic carbocycles. The average Bonchev–Trinajstić information content (AvgIpc) is 3.18. The molecule has 0 unspecified atom stereocenters. The molecule has 0 radical (unpaired) electrons. The zero-order chi connectivity index (χ0) is 25.7. The first-order valence-electron chi connectivity index (χ1n) is 10.2. The van der Waals surface area contributed by atoms with E-state index < -0.39 is 35.3 Å². The van der Waals surface area contributed by atoms with Crippen LogP contribution in [0.25, 0.3) is 28.0 Å². The van der Waals surface area contributed by atoms with Gasteiger partial charge in [-0.25, -0.2) is 27.5 Å². The van der Waals surface area contributed by atoms with E-state index >= 15 is 0 Å². The van der Waals surface area contributed by atoms with Gasteiger partial charge in [0, 0.05) is 17.4 Å². The first-order chi connectivity index (χ1) is 17.2. The molecule has 8 N–H and O–H groups in total. The van der Waals surface area contributed by atoms with E-state index in [0.717, 1.165) is 24.5 Å². The molecule has 5 aromatic rings. The number of nitrogens with two attached hydrogens (primary N) is 4. The second-order valence-electron chi connectivity index (χ2n) is 7.71. The number of nitrogens with zero attached hydrogens (tertiary/aromatic N) is 6. The third kappa shape index (κ3) is 3.64. The van der Waals surface area contributed by atoms with E-state index in [4.69, 9.17) is 22.9 Å². The summed E-state index contributed by atoms with van der Waals surface area (Å²) in [6.07, 6.45) is 0.677. The summed E-state index contributed by atoms with van der Waals surface area (Å²) in [5.74, 6) is -4.63. The Morgan fingerprint density at radius 1 is 0.750 bits per heavy atom. The number of anilines is 4. The number of benzene rings is 2. The maximum atomic E-state index is 14.3. The minimum absolute atomic E-state index is 0.00121. The molecular formula is C22H16F4N10. The maximum absolute atomic E-state index is 14.3. The highest BCUT2D eigenvalue weighted by Crippen LogP contribution is 2.36. The molecule has 0 spiro atoms. The van der Waals surface area contributed by atoms with E-state index in [9.17, 15) is 17.6 Å². The zero-order valence-corrected chi connectivity index (χ0v) is 18.2. The van der Waals surface area contributed by atoms with Gasteiger partial charge in [-0.1, -0.05) is 0 Å². The second-order valence-corrected chi connectivity index (χ2v) is 7.71. The van der Waals surface area contributed by atoms with Gasteiger partial charge < -0.3 is 22.9 Å². The Bertz CT molecular complexity index is 1620. The molecule has 0 amide bonds. The highest BCUT2D eigenvalue weighted by atomic mass is 19.2. The number of hydrogen-bond acceptors (Lipinski definition) is 9. The molecule has 0 aliphatic rings. The number of aromatic nitrogens is 6. The van der Waals surface area contributed by atoms with Gasteiger partial charge in [0.25, 0.3) is 5.95 Å². The van der Waals surface area contributed by atoms with Crippen molar-refractivity contribution in [3.63, 3.8) is 0 Å². The van der Waals surface area contributed by atoms with Crippen LogP contribution in [0.15, 0.2) is 36.7 Å². The van der Waals surface area contributed by atoms with Crippen molar-refractivity contribution in [1.29, 1.82) is 0 Å². The molecule has 36 heavy (non-hydrogen) atoms. The quantitative estimate of drug-likeness (QED) is 0.215. The summed E-state index contributed by atoms with van der Waals surface area (Å²) in [6.45, 7) is 0. The van der Waals surface area contributed by atoms with E-state index in [-0.39, 0.29) is 56.9 Å². The highest BCUT2D eigenvalue weighted by molar-refractivity contribution is 5.93. The number of fused-ring (bicyclic) bond motifs is 1. The van der Waals surface area contributed by atoms with Crippen molar-refractivity contribution < 1.29 is 17.6 Å². The van der Waals surface area contributed by atoms with Crippen molar-refractivity contribution in [1.82, 2.24) is 29.7 Å². The second kappa shape index (κ2) is 8.33. The van der Waals surface area contributed by atoms with Gasteiger partial charge in [0.05, 0.1) is 22.3 Å². The summed E-state index contributed by atoms with van der Waals surface area (Å²) in [6, 6.07) is 5.10.